The number of aromatic nitrogens is 2. The Morgan fingerprint density at radius 2 is 1.96 bits per heavy atom. The second-order valence-corrected chi connectivity index (χ2v) is 5.65. The number of hydrogen-bond donors (Lipinski definition) is 3. The molecule has 2 heterocycles. The largest absolute Gasteiger partial charge is 0.493 e. The Morgan fingerprint density at radius 3 is 2.68 bits per heavy atom. The molecule has 0 radical (unpaired) electrons. The number of aromatic amines is 1. The first kappa shape index (κ1) is 19.0. The third kappa shape index (κ3) is 3.52. The van der Waals surface area contributed by atoms with Gasteiger partial charge in [-0.3, -0.25) is 25.2 Å². The lowest BCUT2D eigenvalue weighted by Gasteiger charge is -2.11. The molecule has 2 amide bonds. The number of rotatable bonds is 5. The van der Waals surface area contributed by atoms with E-state index in [4.69, 9.17) is 13.9 Å². The summed E-state index contributed by atoms with van der Waals surface area (Å²) in [6.45, 7) is 3.80. The lowest BCUT2D eigenvalue weighted by molar-refractivity contribution is 0.0846. The number of benzene rings is 1. The number of nitrogens with zero attached hydrogens (tertiary/aromatic N) is 1. The van der Waals surface area contributed by atoms with Crippen molar-refractivity contribution in [1.29, 1.82) is 0 Å². The Labute approximate surface area is 158 Å². The molecule has 0 aliphatic rings. The number of fused-ring (bicyclic) bond motifs is 1. The maximum Gasteiger partial charge on any atom is 0.274 e. The molecule has 10 heteroatoms. The quantitative estimate of drug-likeness (QED) is 0.563. The minimum absolute atomic E-state index is 0.00563. The lowest BCUT2D eigenvalue weighted by Crippen LogP contribution is -2.42. The van der Waals surface area contributed by atoms with Crippen LogP contribution in [-0.2, 0) is 0 Å². The van der Waals surface area contributed by atoms with E-state index in [1.54, 1.807) is 6.07 Å². The number of ether oxygens (including phenoxy) is 2. The van der Waals surface area contributed by atoms with E-state index in [0.29, 0.717) is 18.1 Å². The summed E-state index contributed by atoms with van der Waals surface area (Å²) in [5.41, 5.74) is 4.32. The summed E-state index contributed by atoms with van der Waals surface area (Å²) in [6.07, 6.45) is 1.18. The number of H-pyrrole nitrogens is 1. The van der Waals surface area contributed by atoms with Gasteiger partial charge in [-0.1, -0.05) is 0 Å². The van der Waals surface area contributed by atoms with Crippen LogP contribution in [0.2, 0.25) is 0 Å². The van der Waals surface area contributed by atoms with Gasteiger partial charge in [-0.15, -0.1) is 0 Å². The first-order valence-corrected chi connectivity index (χ1v) is 8.34. The number of carbonyl (C=O) groups excluding carboxylic acids is 2. The molecule has 3 rings (SSSR count). The molecule has 0 fully saturated rings. The summed E-state index contributed by atoms with van der Waals surface area (Å²) in [6, 6.07) is 4.61. The first-order valence-electron chi connectivity index (χ1n) is 8.34. The third-order valence-electron chi connectivity index (χ3n) is 3.91. The number of carbonyl (C=O) groups is 2. The van der Waals surface area contributed by atoms with Crippen molar-refractivity contribution < 1.29 is 23.5 Å². The van der Waals surface area contributed by atoms with Crippen molar-refractivity contribution in [2.75, 3.05) is 13.7 Å². The summed E-state index contributed by atoms with van der Waals surface area (Å²) in [7, 11) is 1.46. The van der Waals surface area contributed by atoms with Gasteiger partial charge in [-0.25, -0.2) is 4.98 Å². The average molecular weight is 386 g/mol. The van der Waals surface area contributed by atoms with Gasteiger partial charge in [0, 0.05) is 5.56 Å². The van der Waals surface area contributed by atoms with Crippen LogP contribution in [0.3, 0.4) is 0 Å². The molecule has 10 nitrogen and oxygen atoms in total. The second kappa shape index (κ2) is 7.82. The van der Waals surface area contributed by atoms with Gasteiger partial charge in [0.05, 0.1) is 25.6 Å². The average Bonchev–Trinajstić information content (AvgIpc) is 3.03. The minimum atomic E-state index is -0.707. The van der Waals surface area contributed by atoms with E-state index in [1.807, 2.05) is 6.92 Å². The predicted molar refractivity (Wildman–Crippen MR) is 98.5 cm³/mol. The fourth-order valence-electron chi connectivity index (χ4n) is 2.66. The molecule has 0 aliphatic carbocycles. The van der Waals surface area contributed by atoms with Gasteiger partial charge in [-0.05, 0) is 32.0 Å². The van der Waals surface area contributed by atoms with Crippen LogP contribution in [0.15, 0.2) is 33.7 Å². The number of furan rings is 1. The molecular formula is C18H18N4O6. The predicted octanol–water partition coefficient (Wildman–Crippen LogP) is 1.31. The Hall–Kier alpha value is -3.82. The number of methoxy groups -OCH3 is 1. The van der Waals surface area contributed by atoms with Crippen molar-refractivity contribution in [3.05, 3.63) is 51.8 Å². The van der Waals surface area contributed by atoms with Gasteiger partial charge in [0.2, 0.25) is 5.71 Å². The zero-order chi connectivity index (χ0) is 20.3. The van der Waals surface area contributed by atoms with Crippen LogP contribution in [0.25, 0.3) is 11.1 Å². The normalized spacial score (nSPS) is 10.5. The molecule has 0 saturated heterocycles. The fraction of sp³-hybridized carbons (Fsp3) is 0.222. The molecule has 146 valence electrons. The van der Waals surface area contributed by atoms with E-state index >= 15 is 0 Å². The number of hydrogen-bond acceptors (Lipinski definition) is 7. The molecule has 0 unspecified atom stereocenters. The summed E-state index contributed by atoms with van der Waals surface area (Å²) in [4.78, 5) is 43.1. The van der Waals surface area contributed by atoms with Crippen molar-refractivity contribution >= 4 is 22.9 Å². The Balaban J connectivity index is 1.78. The van der Waals surface area contributed by atoms with Crippen molar-refractivity contribution in [2.24, 2.45) is 0 Å². The van der Waals surface area contributed by atoms with Crippen molar-refractivity contribution in [3.63, 3.8) is 0 Å². The highest BCUT2D eigenvalue weighted by molar-refractivity contribution is 6.07. The molecule has 0 spiro atoms. The van der Waals surface area contributed by atoms with Crippen molar-refractivity contribution in [3.8, 4) is 11.5 Å². The Bertz CT molecular complexity index is 1100. The number of amides is 2. The van der Waals surface area contributed by atoms with Crippen LogP contribution in [0, 0.1) is 6.92 Å². The smallest absolute Gasteiger partial charge is 0.274 e. The van der Waals surface area contributed by atoms with E-state index in [2.05, 4.69) is 20.8 Å². The van der Waals surface area contributed by atoms with Gasteiger partial charge in [0.25, 0.3) is 17.4 Å². The molecule has 3 aromatic rings. The molecule has 28 heavy (non-hydrogen) atoms. The van der Waals surface area contributed by atoms with E-state index in [1.165, 1.54) is 32.5 Å². The minimum Gasteiger partial charge on any atom is -0.493 e. The SMILES string of the molecule is CCOc1ccc(C(=O)NNC(=O)c2c(C)oc3nc[nH]c(=O)c23)cc1OC. The molecular weight excluding hydrogens is 368 g/mol. The summed E-state index contributed by atoms with van der Waals surface area (Å²) < 4.78 is 15.9. The summed E-state index contributed by atoms with van der Waals surface area (Å²) >= 11 is 0. The standard InChI is InChI=1S/C18H18N4O6/c1-4-27-11-6-5-10(7-12(11)26-3)15(23)21-22-17(25)13-9(2)28-18-14(13)16(24)19-8-20-18/h5-8H,4H2,1-3H3,(H,21,23)(H,22,25)(H,19,20,24). The Morgan fingerprint density at radius 1 is 1.21 bits per heavy atom. The first-order chi connectivity index (χ1) is 13.5. The number of hydrazine groups is 1. The second-order valence-electron chi connectivity index (χ2n) is 5.65. The van der Waals surface area contributed by atoms with Crippen LogP contribution >= 0.6 is 0 Å². The van der Waals surface area contributed by atoms with Crippen LogP contribution in [0.5, 0.6) is 11.5 Å². The van der Waals surface area contributed by atoms with Gasteiger partial charge in [0.1, 0.15) is 11.1 Å². The van der Waals surface area contributed by atoms with E-state index in [-0.39, 0.29) is 28.0 Å². The van der Waals surface area contributed by atoms with E-state index in [9.17, 15) is 14.4 Å². The zero-order valence-electron chi connectivity index (χ0n) is 15.4. The summed E-state index contributed by atoms with van der Waals surface area (Å²) in [5.74, 6) is -0.199. The van der Waals surface area contributed by atoms with E-state index < -0.39 is 17.4 Å². The molecule has 3 N–H and O–H groups in total. The fourth-order valence-corrected chi connectivity index (χ4v) is 2.66. The molecule has 0 atom stereocenters. The Kier molecular flexibility index (Phi) is 5.30. The molecule has 0 bridgehead atoms. The van der Waals surface area contributed by atoms with Crippen molar-refractivity contribution in [1.82, 2.24) is 20.8 Å². The number of nitrogens with one attached hydrogen (secondary N) is 3. The van der Waals surface area contributed by atoms with Gasteiger partial charge < -0.3 is 18.9 Å². The van der Waals surface area contributed by atoms with Crippen LogP contribution in [-0.4, -0.2) is 35.5 Å². The highest BCUT2D eigenvalue weighted by Gasteiger charge is 2.22. The van der Waals surface area contributed by atoms with Crippen LogP contribution in [0.1, 0.15) is 33.4 Å². The maximum atomic E-state index is 12.5. The zero-order valence-corrected chi connectivity index (χ0v) is 15.4. The lowest BCUT2D eigenvalue weighted by atomic mass is 10.2. The maximum absolute atomic E-state index is 12.5. The highest BCUT2D eigenvalue weighted by Crippen LogP contribution is 2.28. The summed E-state index contributed by atoms with van der Waals surface area (Å²) in [5, 5.41) is 0.00878. The monoisotopic (exact) mass is 386 g/mol. The van der Waals surface area contributed by atoms with E-state index in [0.717, 1.165) is 0 Å². The van der Waals surface area contributed by atoms with Crippen molar-refractivity contribution in [2.45, 2.75) is 13.8 Å². The van der Waals surface area contributed by atoms with Gasteiger partial charge >= 0.3 is 0 Å². The van der Waals surface area contributed by atoms with Crippen LogP contribution < -0.4 is 25.9 Å². The van der Waals surface area contributed by atoms with Gasteiger partial charge in [-0.2, -0.15) is 0 Å². The van der Waals surface area contributed by atoms with Crippen LogP contribution in [0.4, 0.5) is 0 Å². The topological polar surface area (TPSA) is 136 Å². The third-order valence-corrected chi connectivity index (χ3v) is 3.91. The molecule has 1 aromatic carbocycles. The highest BCUT2D eigenvalue weighted by atomic mass is 16.5. The molecule has 2 aromatic heterocycles. The van der Waals surface area contributed by atoms with Gasteiger partial charge in [0.15, 0.2) is 11.5 Å². The molecule has 0 aliphatic heterocycles. The number of aryl methyl sites for hydroxylation is 1. The molecule has 0 saturated carbocycles.